The Labute approximate surface area is 135 Å². The molecule has 5 heteroatoms. The normalized spacial score (nSPS) is 10.2. The maximum atomic E-state index is 12.0. The molecule has 2 N–H and O–H groups in total. The van der Waals surface area contributed by atoms with Gasteiger partial charge in [0, 0.05) is 12.1 Å². The van der Waals surface area contributed by atoms with Crippen LogP contribution in [-0.2, 0) is 13.0 Å². The van der Waals surface area contributed by atoms with Crippen molar-refractivity contribution < 1.29 is 19.4 Å². The third kappa shape index (κ3) is 4.47. The molecular weight excluding hydrogens is 294 g/mol. The molecule has 0 aliphatic carbocycles. The lowest BCUT2D eigenvalue weighted by atomic mass is 10.1. The van der Waals surface area contributed by atoms with Crippen molar-refractivity contribution in [2.24, 2.45) is 0 Å². The van der Waals surface area contributed by atoms with Crippen molar-refractivity contribution in [3.05, 3.63) is 59.2 Å². The SMILES string of the molecule is COc1ccc(CCNC(=O)c2ccc(CO)cc2)cc1OC. The summed E-state index contributed by atoms with van der Waals surface area (Å²) in [4.78, 5) is 12.0. The van der Waals surface area contributed by atoms with Crippen LogP contribution in [0.4, 0.5) is 0 Å². The van der Waals surface area contributed by atoms with E-state index in [4.69, 9.17) is 14.6 Å². The Balaban J connectivity index is 1.90. The molecule has 122 valence electrons. The Bertz CT molecular complexity index is 653. The Morgan fingerprint density at radius 1 is 1.00 bits per heavy atom. The van der Waals surface area contributed by atoms with E-state index >= 15 is 0 Å². The van der Waals surface area contributed by atoms with E-state index < -0.39 is 0 Å². The van der Waals surface area contributed by atoms with E-state index in [9.17, 15) is 4.79 Å². The van der Waals surface area contributed by atoms with Crippen LogP contribution >= 0.6 is 0 Å². The number of hydrogen-bond donors (Lipinski definition) is 2. The molecule has 0 bridgehead atoms. The summed E-state index contributed by atoms with van der Waals surface area (Å²) in [5.74, 6) is 1.23. The van der Waals surface area contributed by atoms with E-state index in [0.717, 1.165) is 11.1 Å². The number of carbonyl (C=O) groups excluding carboxylic acids is 1. The van der Waals surface area contributed by atoms with Crippen molar-refractivity contribution in [2.75, 3.05) is 20.8 Å². The van der Waals surface area contributed by atoms with Gasteiger partial charge in [0.2, 0.25) is 0 Å². The van der Waals surface area contributed by atoms with E-state index in [1.54, 1.807) is 38.5 Å². The van der Waals surface area contributed by atoms with Crippen molar-refractivity contribution in [3.63, 3.8) is 0 Å². The smallest absolute Gasteiger partial charge is 0.251 e. The van der Waals surface area contributed by atoms with Gasteiger partial charge in [0.05, 0.1) is 20.8 Å². The van der Waals surface area contributed by atoms with Crippen LogP contribution in [0.2, 0.25) is 0 Å². The van der Waals surface area contributed by atoms with Crippen LogP contribution in [-0.4, -0.2) is 31.8 Å². The van der Waals surface area contributed by atoms with Crippen LogP contribution in [0.25, 0.3) is 0 Å². The van der Waals surface area contributed by atoms with Gasteiger partial charge in [-0.2, -0.15) is 0 Å². The van der Waals surface area contributed by atoms with Gasteiger partial charge in [0.15, 0.2) is 11.5 Å². The standard InChI is InChI=1S/C18H21NO4/c1-22-16-8-5-13(11-17(16)23-2)9-10-19-18(21)15-6-3-14(12-20)4-7-15/h3-8,11,20H,9-10,12H2,1-2H3,(H,19,21). The molecule has 0 spiro atoms. The molecule has 2 aromatic carbocycles. The summed E-state index contributed by atoms with van der Waals surface area (Å²) < 4.78 is 10.5. The molecule has 0 radical (unpaired) electrons. The summed E-state index contributed by atoms with van der Waals surface area (Å²) in [6.45, 7) is 0.497. The summed E-state index contributed by atoms with van der Waals surface area (Å²) >= 11 is 0. The lowest BCUT2D eigenvalue weighted by Gasteiger charge is -2.10. The predicted molar refractivity (Wildman–Crippen MR) is 87.9 cm³/mol. The molecule has 1 amide bonds. The molecule has 0 fully saturated rings. The van der Waals surface area contributed by atoms with Gasteiger partial charge in [-0.25, -0.2) is 0 Å². The highest BCUT2D eigenvalue weighted by atomic mass is 16.5. The van der Waals surface area contributed by atoms with E-state index in [2.05, 4.69) is 5.32 Å². The second-order valence-electron chi connectivity index (χ2n) is 5.05. The largest absolute Gasteiger partial charge is 0.493 e. The van der Waals surface area contributed by atoms with Crippen LogP contribution in [0.5, 0.6) is 11.5 Å². The highest BCUT2D eigenvalue weighted by Crippen LogP contribution is 2.27. The average molecular weight is 315 g/mol. The molecule has 2 rings (SSSR count). The zero-order chi connectivity index (χ0) is 16.7. The highest BCUT2D eigenvalue weighted by Gasteiger charge is 2.07. The van der Waals surface area contributed by atoms with Gasteiger partial charge >= 0.3 is 0 Å². The first-order valence-electron chi connectivity index (χ1n) is 7.37. The predicted octanol–water partition coefficient (Wildman–Crippen LogP) is 2.17. The van der Waals surface area contributed by atoms with Gasteiger partial charge in [-0.05, 0) is 41.8 Å². The van der Waals surface area contributed by atoms with Gasteiger partial charge in [-0.1, -0.05) is 18.2 Å². The van der Waals surface area contributed by atoms with Gasteiger partial charge in [-0.15, -0.1) is 0 Å². The first-order chi connectivity index (χ1) is 11.2. The molecule has 5 nitrogen and oxygen atoms in total. The maximum absolute atomic E-state index is 12.0. The number of benzene rings is 2. The number of aliphatic hydroxyl groups excluding tert-OH is 1. The monoisotopic (exact) mass is 315 g/mol. The van der Waals surface area contributed by atoms with E-state index in [1.807, 2.05) is 18.2 Å². The van der Waals surface area contributed by atoms with E-state index in [1.165, 1.54) is 0 Å². The lowest BCUT2D eigenvalue weighted by molar-refractivity contribution is 0.0954. The molecule has 23 heavy (non-hydrogen) atoms. The number of nitrogens with one attached hydrogen (secondary N) is 1. The molecule has 0 heterocycles. The summed E-state index contributed by atoms with van der Waals surface area (Å²) in [7, 11) is 3.19. The Morgan fingerprint density at radius 3 is 2.26 bits per heavy atom. The van der Waals surface area contributed by atoms with Crippen LogP contribution in [0, 0.1) is 0 Å². The van der Waals surface area contributed by atoms with Gasteiger partial charge in [0.25, 0.3) is 5.91 Å². The van der Waals surface area contributed by atoms with E-state index in [-0.39, 0.29) is 12.5 Å². The number of rotatable bonds is 7. The van der Waals surface area contributed by atoms with Crippen molar-refractivity contribution in [1.29, 1.82) is 0 Å². The van der Waals surface area contributed by atoms with Crippen molar-refractivity contribution in [2.45, 2.75) is 13.0 Å². The minimum Gasteiger partial charge on any atom is -0.493 e. The number of hydrogen-bond acceptors (Lipinski definition) is 4. The second kappa shape index (κ2) is 8.19. The Hall–Kier alpha value is -2.53. The third-order valence-electron chi connectivity index (χ3n) is 3.55. The number of carbonyl (C=O) groups is 1. The summed E-state index contributed by atoms with van der Waals surface area (Å²) in [6, 6.07) is 12.6. The molecule has 0 saturated heterocycles. The van der Waals surface area contributed by atoms with Gasteiger partial charge in [-0.3, -0.25) is 4.79 Å². The fraction of sp³-hybridized carbons (Fsp3) is 0.278. The van der Waals surface area contributed by atoms with Gasteiger partial charge in [0.1, 0.15) is 0 Å². The topological polar surface area (TPSA) is 67.8 Å². The van der Waals surface area contributed by atoms with E-state index in [0.29, 0.717) is 30.0 Å². The van der Waals surface area contributed by atoms with Crippen LogP contribution in [0.1, 0.15) is 21.5 Å². The average Bonchev–Trinajstić information content (AvgIpc) is 2.61. The summed E-state index contributed by atoms with van der Waals surface area (Å²) in [5.41, 5.74) is 2.42. The Morgan fingerprint density at radius 2 is 1.65 bits per heavy atom. The number of methoxy groups -OCH3 is 2. The zero-order valence-electron chi connectivity index (χ0n) is 13.3. The van der Waals surface area contributed by atoms with Crippen molar-refractivity contribution >= 4 is 5.91 Å². The molecule has 0 saturated carbocycles. The molecular formula is C18H21NO4. The van der Waals surface area contributed by atoms with Gasteiger partial charge < -0.3 is 19.9 Å². The molecule has 0 aromatic heterocycles. The molecule has 0 unspecified atom stereocenters. The highest BCUT2D eigenvalue weighted by molar-refractivity contribution is 5.94. The molecule has 0 aliphatic rings. The summed E-state index contributed by atoms with van der Waals surface area (Å²) in [5, 5.41) is 11.9. The van der Waals surface area contributed by atoms with Crippen molar-refractivity contribution in [1.82, 2.24) is 5.32 Å². The lowest BCUT2D eigenvalue weighted by Crippen LogP contribution is -2.25. The third-order valence-corrected chi connectivity index (χ3v) is 3.55. The minimum absolute atomic E-state index is 0.0266. The molecule has 0 atom stereocenters. The maximum Gasteiger partial charge on any atom is 0.251 e. The molecule has 0 aliphatic heterocycles. The van der Waals surface area contributed by atoms with Crippen molar-refractivity contribution in [3.8, 4) is 11.5 Å². The summed E-state index contributed by atoms with van der Waals surface area (Å²) in [6.07, 6.45) is 0.695. The number of aliphatic hydroxyl groups is 1. The Kier molecular flexibility index (Phi) is 6.00. The van der Waals surface area contributed by atoms with Crippen LogP contribution < -0.4 is 14.8 Å². The fourth-order valence-electron chi connectivity index (χ4n) is 2.22. The quantitative estimate of drug-likeness (QED) is 0.822. The molecule has 2 aromatic rings. The fourth-order valence-corrected chi connectivity index (χ4v) is 2.22. The zero-order valence-corrected chi connectivity index (χ0v) is 13.3. The first kappa shape index (κ1) is 16.8. The van der Waals surface area contributed by atoms with Crippen LogP contribution in [0.3, 0.4) is 0 Å². The van der Waals surface area contributed by atoms with Crippen LogP contribution in [0.15, 0.2) is 42.5 Å². The minimum atomic E-state index is -0.130. The first-order valence-corrected chi connectivity index (χ1v) is 7.37. The number of amides is 1. The number of ether oxygens (including phenoxy) is 2. The second-order valence-corrected chi connectivity index (χ2v) is 5.05.